The number of carbonyl (C=O) groups is 2. The van der Waals surface area contributed by atoms with Crippen LogP contribution in [0.15, 0.2) is 30.6 Å². The summed E-state index contributed by atoms with van der Waals surface area (Å²) < 4.78 is 5.44. The fourth-order valence-electron chi connectivity index (χ4n) is 4.34. The SMILES string of the molecule is CC(C)(C)OC(=O)N1CC2C(C1)C2C(=O)NC(C)(C)c1ncnc2ccccc12. The molecule has 29 heavy (non-hydrogen) atoms. The van der Waals surface area contributed by atoms with Gasteiger partial charge in [0, 0.05) is 24.4 Å². The van der Waals surface area contributed by atoms with Crippen molar-refractivity contribution in [3.05, 3.63) is 36.3 Å². The molecular weight excluding hydrogens is 368 g/mol. The van der Waals surface area contributed by atoms with E-state index in [9.17, 15) is 9.59 Å². The summed E-state index contributed by atoms with van der Waals surface area (Å²) in [6.45, 7) is 10.7. The molecule has 7 nitrogen and oxygen atoms in total. The number of likely N-dealkylation sites (tertiary alicyclic amines) is 1. The molecule has 0 bridgehead atoms. The van der Waals surface area contributed by atoms with Gasteiger partial charge in [0.15, 0.2) is 0 Å². The summed E-state index contributed by atoms with van der Waals surface area (Å²) in [5.41, 5.74) is 0.528. The van der Waals surface area contributed by atoms with Crippen LogP contribution in [0.4, 0.5) is 4.79 Å². The van der Waals surface area contributed by atoms with Crippen molar-refractivity contribution in [3.8, 4) is 0 Å². The van der Waals surface area contributed by atoms with E-state index >= 15 is 0 Å². The molecule has 2 unspecified atom stereocenters. The van der Waals surface area contributed by atoms with Crippen LogP contribution in [0.5, 0.6) is 0 Å². The number of benzene rings is 1. The van der Waals surface area contributed by atoms with Gasteiger partial charge in [0.2, 0.25) is 5.91 Å². The second-order valence-corrected chi connectivity index (χ2v) is 9.59. The lowest BCUT2D eigenvalue weighted by molar-refractivity contribution is -0.125. The van der Waals surface area contributed by atoms with Gasteiger partial charge in [0.1, 0.15) is 11.9 Å². The second kappa shape index (κ2) is 6.68. The van der Waals surface area contributed by atoms with Crippen LogP contribution < -0.4 is 5.32 Å². The van der Waals surface area contributed by atoms with Crippen LogP contribution in [0.3, 0.4) is 0 Å². The van der Waals surface area contributed by atoms with E-state index in [0.717, 1.165) is 16.6 Å². The van der Waals surface area contributed by atoms with Gasteiger partial charge in [-0.3, -0.25) is 4.79 Å². The molecule has 2 aromatic rings. The molecule has 1 aromatic carbocycles. The van der Waals surface area contributed by atoms with Gasteiger partial charge in [0.25, 0.3) is 0 Å². The summed E-state index contributed by atoms with van der Waals surface area (Å²) in [5, 5.41) is 4.11. The molecule has 4 rings (SSSR count). The van der Waals surface area contributed by atoms with Gasteiger partial charge in [-0.2, -0.15) is 0 Å². The Kier molecular flexibility index (Phi) is 4.52. The Bertz CT molecular complexity index is 949. The van der Waals surface area contributed by atoms with Crippen molar-refractivity contribution in [2.45, 2.75) is 45.8 Å². The Morgan fingerprint density at radius 3 is 2.38 bits per heavy atom. The largest absolute Gasteiger partial charge is 0.444 e. The molecule has 2 fully saturated rings. The molecule has 2 amide bonds. The summed E-state index contributed by atoms with van der Waals surface area (Å²) in [4.78, 5) is 35.7. The molecule has 1 saturated carbocycles. The average Bonchev–Trinajstić information content (AvgIpc) is 3.13. The first-order valence-corrected chi connectivity index (χ1v) is 10.1. The van der Waals surface area contributed by atoms with Crippen LogP contribution in [-0.2, 0) is 15.1 Å². The van der Waals surface area contributed by atoms with E-state index < -0.39 is 11.1 Å². The van der Waals surface area contributed by atoms with Crippen molar-refractivity contribution in [2.75, 3.05) is 13.1 Å². The molecule has 2 heterocycles. The monoisotopic (exact) mass is 396 g/mol. The smallest absolute Gasteiger partial charge is 0.410 e. The highest BCUT2D eigenvalue weighted by atomic mass is 16.6. The third-order valence-electron chi connectivity index (χ3n) is 5.72. The van der Waals surface area contributed by atoms with Crippen LogP contribution >= 0.6 is 0 Å². The number of carbonyl (C=O) groups excluding carboxylic acids is 2. The third kappa shape index (κ3) is 3.78. The maximum Gasteiger partial charge on any atom is 0.410 e. The minimum atomic E-state index is -0.624. The normalized spacial score (nSPS) is 23.6. The van der Waals surface area contributed by atoms with Gasteiger partial charge >= 0.3 is 6.09 Å². The Hall–Kier alpha value is -2.70. The first-order chi connectivity index (χ1) is 13.6. The molecule has 2 aliphatic rings. The van der Waals surface area contributed by atoms with Crippen LogP contribution in [0.25, 0.3) is 10.9 Å². The Balaban J connectivity index is 1.41. The third-order valence-corrected chi connectivity index (χ3v) is 5.72. The van der Waals surface area contributed by atoms with E-state index in [1.807, 2.05) is 58.9 Å². The molecule has 1 aliphatic carbocycles. The molecule has 7 heteroatoms. The standard InChI is InChI=1S/C22H28N4O3/c1-21(2,3)29-20(28)26-10-14-15(11-26)17(14)19(27)25-22(4,5)18-13-8-6-7-9-16(13)23-12-24-18/h6-9,12,14-15,17H,10-11H2,1-5H3,(H,25,27). The zero-order valence-corrected chi connectivity index (χ0v) is 17.6. The highest BCUT2D eigenvalue weighted by Gasteiger charge is 2.61. The van der Waals surface area contributed by atoms with Crippen molar-refractivity contribution in [1.82, 2.24) is 20.2 Å². The molecule has 2 atom stereocenters. The first kappa shape index (κ1) is 19.6. The second-order valence-electron chi connectivity index (χ2n) is 9.59. The topological polar surface area (TPSA) is 84.4 Å². The molecule has 0 spiro atoms. The fourth-order valence-corrected chi connectivity index (χ4v) is 4.34. The van der Waals surface area contributed by atoms with Crippen LogP contribution in [-0.4, -0.2) is 45.6 Å². The Morgan fingerprint density at radius 1 is 1.07 bits per heavy atom. The van der Waals surface area contributed by atoms with Crippen LogP contribution in [0.1, 0.15) is 40.3 Å². The van der Waals surface area contributed by atoms with E-state index in [2.05, 4.69) is 15.3 Å². The minimum absolute atomic E-state index is 0.0246. The van der Waals surface area contributed by atoms with Gasteiger partial charge in [-0.25, -0.2) is 14.8 Å². The number of para-hydroxylation sites is 1. The molecule has 1 aliphatic heterocycles. The molecule has 154 valence electrons. The minimum Gasteiger partial charge on any atom is -0.444 e. The van der Waals surface area contributed by atoms with Gasteiger partial charge in [-0.15, -0.1) is 0 Å². The Labute approximate surface area is 170 Å². The summed E-state index contributed by atoms with van der Waals surface area (Å²) in [6, 6.07) is 7.80. The number of hydrogen-bond acceptors (Lipinski definition) is 5. The lowest BCUT2D eigenvalue weighted by atomic mass is 9.95. The van der Waals surface area contributed by atoms with E-state index in [-0.39, 0.29) is 29.8 Å². The molecular formula is C22H28N4O3. The summed E-state index contributed by atoms with van der Waals surface area (Å²) in [5.74, 6) is 0.388. The zero-order valence-electron chi connectivity index (χ0n) is 17.6. The predicted octanol–water partition coefficient (Wildman–Crippen LogP) is 3.09. The van der Waals surface area contributed by atoms with Crippen molar-refractivity contribution in [3.63, 3.8) is 0 Å². The Morgan fingerprint density at radius 2 is 1.72 bits per heavy atom. The number of nitrogens with one attached hydrogen (secondary N) is 1. The molecule has 1 saturated heterocycles. The lowest BCUT2D eigenvalue weighted by Gasteiger charge is -2.28. The van der Waals surface area contributed by atoms with Crippen LogP contribution in [0, 0.1) is 17.8 Å². The summed E-state index contributed by atoms with van der Waals surface area (Å²) in [7, 11) is 0. The van der Waals surface area contributed by atoms with E-state index in [1.165, 1.54) is 6.33 Å². The number of fused-ring (bicyclic) bond motifs is 2. The van der Waals surface area contributed by atoms with Crippen molar-refractivity contribution in [1.29, 1.82) is 0 Å². The van der Waals surface area contributed by atoms with Crippen molar-refractivity contribution < 1.29 is 14.3 Å². The lowest BCUT2D eigenvalue weighted by Crippen LogP contribution is -2.44. The van der Waals surface area contributed by atoms with E-state index in [4.69, 9.17) is 4.74 Å². The number of nitrogens with zero attached hydrogens (tertiary/aromatic N) is 3. The maximum atomic E-state index is 13.0. The van der Waals surface area contributed by atoms with Gasteiger partial charge in [-0.1, -0.05) is 18.2 Å². The number of ether oxygens (including phenoxy) is 1. The van der Waals surface area contributed by atoms with Gasteiger partial charge in [-0.05, 0) is 52.5 Å². The quantitative estimate of drug-likeness (QED) is 0.862. The number of amides is 2. The average molecular weight is 396 g/mol. The highest BCUT2D eigenvalue weighted by molar-refractivity contribution is 5.86. The number of rotatable bonds is 3. The van der Waals surface area contributed by atoms with Crippen molar-refractivity contribution in [2.24, 2.45) is 17.8 Å². The van der Waals surface area contributed by atoms with Crippen molar-refractivity contribution >= 4 is 22.9 Å². The number of piperidine rings is 1. The molecule has 1 N–H and O–H groups in total. The molecule has 0 radical (unpaired) electrons. The maximum absolute atomic E-state index is 13.0. The number of aromatic nitrogens is 2. The fraction of sp³-hybridized carbons (Fsp3) is 0.545. The van der Waals surface area contributed by atoms with Gasteiger partial charge < -0.3 is 15.0 Å². The van der Waals surface area contributed by atoms with Gasteiger partial charge in [0.05, 0.1) is 16.7 Å². The predicted molar refractivity (Wildman–Crippen MR) is 109 cm³/mol. The zero-order chi connectivity index (χ0) is 21.0. The van der Waals surface area contributed by atoms with E-state index in [1.54, 1.807) is 4.90 Å². The highest BCUT2D eigenvalue weighted by Crippen LogP contribution is 2.52. The van der Waals surface area contributed by atoms with Crippen LogP contribution in [0.2, 0.25) is 0 Å². The molecule has 1 aromatic heterocycles. The first-order valence-electron chi connectivity index (χ1n) is 10.1. The number of hydrogen-bond donors (Lipinski definition) is 1. The van der Waals surface area contributed by atoms with E-state index in [0.29, 0.717) is 13.1 Å². The summed E-state index contributed by atoms with van der Waals surface area (Å²) in [6.07, 6.45) is 1.24. The summed E-state index contributed by atoms with van der Waals surface area (Å²) >= 11 is 0.